The van der Waals surface area contributed by atoms with Gasteiger partial charge < -0.3 is 15.7 Å². The molecule has 0 saturated carbocycles. The Kier molecular flexibility index (Phi) is 9.36. The Balaban J connectivity index is 2.35. The highest BCUT2D eigenvalue weighted by atomic mass is 31.1. The third-order valence-electron chi connectivity index (χ3n) is 3.99. The standard InChI is InChI=1S/C15H27N2O6P/c1-3-4-5-7-12(16)10-22-24(21)23-11(2)14(18)17-9-6-8-13(17)15(19)20/h11-13H,3-10,16H2,1-2H3/p+1/t11-,12-,13?/m0/s1. The van der Waals surface area contributed by atoms with E-state index in [4.69, 9.17) is 19.9 Å². The van der Waals surface area contributed by atoms with Gasteiger partial charge in [-0.3, -0.25) is 4.79 Å². The summed E-state index contributed by atoms with van der Waals surface area (Å²) in [5.74, 6) is -1.52. The number of hydrogen-bond donors (Lipinski definition) is 2. The predicted octanol–water partition coefficient (Wildman–Crippen LogP) is 2.05. The lowest BCUT2D eigenvalue weighted by Gasteiger charge is -2.22. The van der Waals surface area contributed by atoms with Crippen LogP contribution in [0.15, 0.2) is 0 Å². The van der Waals surface area contributed by atoms with E-state index in [0.717, 1.165) is 25.7 Å². The zero-order valence-electron chi connectivity index (χ0n) is 14.3. The first-order chi connectivity index (χ1) is 11.4. The lowest BCUT2D eigenvalue weighted by atomic mass is 10.1. The smallest absolute Gasteiger partial charge is 0.480 e. The van der Waals surface area contributed by atoms with Crippen LogP contribution in [0.3, 0.4) is 0 Å². The SMILES string of the molecule is CCCCC[C@H](N)CO[P+](=O)O[C@@H](C)C(=O)N1CCCC1C(=O)O. The summed E-state index contributed by atoms with van der Waals surface area (Å²) in [4.78, 5) is 24.6. The molecule has 2 unspecified atom stereocenters. The molecular weight excluding hydrogens is 335 g/mol. The molecule has 0 aromatic heterocycles. The van der Waals surface area contributed by atoms with Crippen LogP contribution in [0.25, 0.3) is 0 Å². The van der Waals surface area contributed by atoms with E-state index in [1.165, 1.54) is 11.8 Å². The number of carbonyl (C=O) groups excluding carboxylic acids is 1. The molecule has 0 radical (unpaired) electrons. The van der Waals surface area contributed by atoms with Crippen molar-refractivity contribution in [3.63, 3.8) is 0 Å². The van der Waals surface area contributed by atoms with E-state index in [9.17, 15) is 14.2 Å². The van der Waals surface area contributed by atoms with Gasteiger partial charge in [-0.15, -0.1) is 9.05 Å². The Morgan fingerprint density at radius 2 is 2.12 bits per heavy atom. The summed E-state index contributed by atoms with van der Waals surface area (Å²) in [5.41, 5.74) is 5.85. The fraction of sp³-hybridized carbons (Fsp3) is 0.867. The maximum atomic E-state index is 12.2. The number of carboxylic acids is 1. The van der Waals surface area contributed by atoms with E-state index < -0.39 is 32.3 Å². The topological polar surface area (TPSA) is 119 Å². The first-order valence-electron chi connectivity index (χ1n) is 8.42. The van der Waals surface area contributed by atoms with Gasteiger partial charge in [-0.25, -0.2) is 4.79 Å². The monoisotopic (exact) mass is 363 g/mol. The van der Waals surface area contributed by atoms with Gasteiger partial charge in [0.1, 0.15) is 12.6 Å². The van der Waals surface area contributed by atoms with Crippen LogP contribution in [-0.2, 0) is 23.2 Å². The highest BCUT2D eigenvalue weighted by molar-refractivity contribution is 7.33. The number of nitrogens with zero attached hydrogens (tertiary/aromatic N) is 1. The number of hydrogen-bond acceptors (Lipinski definition) is 6. The first kappa shape index (κ1) is 21.0. The Hall–Kier alpha value is -1.08. The van der Waals surface area contributed by atoms with Crippen molar-refractivity contribution in [3.8, 4) is 0 Å². The molecule has 0 aromatic rings. The Bertz CT molecular complexity index is 448. The van der Waals surface area contributed by atoms with Crippen LogP contribution < -0.4 is 5.73 Å². The van der Waals surface area contributed by atoms with Crippen molar-refractivity contribution in [2.75, 3.05) is 13.2 Å². The average molecular weight is 363 g/mol. The second kappa shape index (κ2) is 10.7. The predicted molar refractivity (Wildman–Crippen MR) is 88.6 cm³/mol. The Morgan fingerprint density at radius 3 is 2.75 bits per heavy atom. The fourth-order valence-electron chi connectivity index (χ4n) is 2.62. The van der Waals surface area contributed by atoms with Gasteiger partial charge in [-0.05, 0) is 26.2 Å². The fourth-order valence-corrected chi connectivity index (χ4v) is 3.34. The van der Waals surface area contributed by atoms with Crippen molar-refractivity contribution in [2.45, 2.75) is 70.6 Å². The molecule has 4 atom stereocenters. The third-order valence-corrected chi connectivity index (χ3v) is 4.83. The molecule has 1 fully saturated rings. The van der Waals surface area contributed by atoms with E-state index in [0.29, 0.717) is 19.4 Å². The van der Waals surface area contributed by atoms with Gasteiger partial charge in [0.15, 0.2) is 6.10 Å². The van der Waals surface area contributed by atoms with Gasteiger partial charge in [0.05, 0.1) is 0 Å². The number of unbranched alkanes of at least 4 members (excludes halogenated alkanes) is 2. The summed E-state index contributed by atoms with van der Waals surface area (Å²) >= 11 is 0. The minimum atomic E-state index is -2.47. The molecule has 0 spiro atoms. The number of amides is 1. The Labute approximate surface area is 143 Å². The van der Waals surface area contributed by atoms with Crippen LogP contribution in [0, 0.1) is 0 Å². The molecule has 1 rings (SSSR count). The van der Waals surface area contributed by atoms with Gasteiger partial charge in [0.25, 0.3) is 5.91 Å². The van der Waals surface area contributed by atoms with Crippen LogP contribution >= 0.6 is 8.25 Å². The normalized spacial score (nSPS) is 20.7. The minimum absolute atomic E-state index is 0.0985. The van der Waals surface area contributed by atoms with Crippen molar-refractivity contribution < 1.29 is 28.3 Å². The van der Waals surface area contributed by atoms with Gasteiger partial charge in [-0.2, -0.15) is 0 Å². The van der Waals surface area contributed by atoms with Gasteiger partial charge >= 0.3 is 14.2 Å². The molecule has 8 nitrogen and oxygen atoms in total. The van der Waals surface area contributed by atoms with Crippen molar-refractivity contribution in [2.24, 2.45) is 5.73 Å². The maximum absolute atomic E-state index is 12.2. The van der Waals surface area contributed by atoms with Crippen LogP contribution in [-0.4, -0.2) is 53.2 Å². The molecule has 0 aliphatic carbocycles. The molecule has 24 heavy (non-hydrogen) atoms. The van der Waals surface area contributed by atoms with E-state index in [-0.39, 0.29) is 12.6 Å². The number of nitrogens with two attached hydrogens (primary N) is 1. The maximum Gasteiger partial charge on any atom is 0.698 e. The molecule has 0 bridgehead atoms. The van der Waals surface area contributed by atoms with E-state index in [1.807, 2.05) is 0 Å². The molecule has 0 aromatic carbocycles. The number of carbonyl (C=O) groups is 2. The lowest BCUT2D eigenvalue weighted by molar-refractivity contribution is -0.150. The molecule has 1 heterocycles. The summed E-state index contributed by atoms with van der Waals surface area (Å²) in [6.45, 7) is 4.00. The highest BCUT2D eigenvalue weighted by Crippen LogP contribution is 2.28. The number of aliphatic carboxylic acids is 1. The van der Waals surface area contributed by atoms with Gasteiger partial charge in [0, 0.05) is 17.2 Å². The van der Waals surface area contributed by atoms with Gasteiger partial charge in [-0.1, -0.05) is 26.2 Å². The van der Waals surface area contributed by atoms with Crippen LogP contribution in [0.5, 0.6) is 0 Å². The molecule has 9 heteroatoms. The largest absolute Gasteiger partial charge is 0.698 e. The van der Waals surface area contributed by atoms with E-state index >= 15 is 0 Å². The summed E-state index contributed by atoms with van der Waals surface area (Å²) < 4.78 is 21.9. The second-order valence-corrected chi connectivity index (χ2v) is 6.97. The number of rotatable bonds is 11. The quantitative estimate of drug-likeness (QED) is 0.426. The van der Waals surface area contributed by atoms with E-state index in [2.05, 4.69) is 6.92 Å². The molecule has 1 saturated heterocycles. The van der Waals surface area contributed by atoms with Crippen LogP contribution in [0.1, 0.15) is 52.4 Å². The first-order valence-corrected chi connectivity index (χ1v) is 9.52. The number of carboxylic acid groups (broad SMARTS) is 1. The summed E-state index contributed by atoms with van der Waals surface area (Å²) in [6, 6.07) is -1.06. The van der Waals surface area contributed by atoms with Crippen LogP contribution in [0.4, 0.5) is 0 Å². The molecule has 1 aliphatic heterocycles. The summed E-state index contributed by atoms with van der Waals surface area (Å²) in [7, 11) is -2.47. The molecule has 3 N–H and O–H groups in total. The molecular formula is C15H28N2O6P+. The van der Waals surface area contributed by atoms with Gasteiger partial charge in [0.2, 0.25) is 0 Å². The van der Waals surface area contributed by atoms with Crippen molar-refractivity contribution >= 4 is 20.1 Å². The summed E-state index contributed by atoms with van der Waals surface area (Å²) in [6.07, 6.45) is 3.97. The minimum Gasteiger partial charge on any atom is -0.480 e. The Morgan fingerprint density at radius 1 is 1.42 bits per heavy atom. The lowest BCUT2D eigenvalue weighted by Crippen LogP contribution is -2.45. The van der Waals surface area contributed by atoms with E-state index in [1.54, 1.807) is 0 Å². The second-order valence-electron chi connectivity index (χ2n) is 6.05. The summed E-state index contributed by atoms with van der Waals surface area (Å²) in [5, 5.41) is 9.10. The van der Waals surface area contributed by atoms with Crippen LogP contribution in [0.2, 0.25) is 0 Å². The molecule has 1 aliphatic rings. The van der Waals surface area contributed by atoms with Crippen molar-refractivity contribution in [1.82, 2.24) is 4.90 Å². The van der Waals surface area contributed by atoms with Crippen molar-refractivity contribution in [3.05, 3.63) is 0 Å². The molecule has 138 valence electrons. The molecule has 1 amide bonds. The highest BCUT2D eigenvalue weighted by Gasteiger charge is 2.39. The zero-order valence-corrected chi connectivity index (χ0v) is 15.2. The average Bonchev–Trinajstić information content (AvgIpc) is 3.02. The zero-order chi connectivity index (χ0) is 18.1. The number of likely N-dealkylation sites (tertiary alicyclic amines) is 1. The third kappa shape index (κ3) is 6.81. The van der Waals surface area contributed by atoms with Crippen molar-refractivity contribution in [1.29, 1.82) is 0 Å².